The average Bonchev–Trinajstić information content (AvgIpc) is 3.24. The van der Waals surface area contributed by atoms with Crippen molar-refractivity contribution in [2.75, 3.05) is 18.8 Å². The Morgan fingerprint density at radius 3 is 2.88 bits per heavy atom. The molecule has 2 heterocycles. The minimum atomic E-state index is -0.535. The molecule has 2 aromatic rings. The van der Waals surface area contributed by atoms with Gasteiger partial charge in [-0.25, -0.2) is 9.18 Å². The lowest BCUT2D eigenvalue weighted by Gasteiger charge is -2.11. The number of thioether (sulfide) groups is 1. The highest BCUT2D eigenvalue weighted by molar-refractivity contribution is 7.99. The molecule has 0 unspecified atom stereocenters. The summed E-state index contributed by atoms with van der Waals surface area (Å²) in [7, 11) is 0. The molecule has 1 atom stereocenters. The van der Waals surface area contributed by atoms with Gasteiger partial charge >= 0.3 is 6.03 Å². The molecule has 3 amide bonds. The van der Waals surface area contributed by atoms with Gasteiger partial charge in [-0.1, -0.05) is 11.8 Å². The third-order valence-corrected chi connectivity index (χ3v) is 4.18. The lowest BCUT2D eigenvalue weighted by atomic mass is 10.3. The van der Waals surface area contributed by atoms with Gasteiger partial charge in [0.05, 0.1) is 5.75 Å². The summed E-state index contributed by atoms with van der Waals surface area (Å²) in [6.07, 6.45) is -0.535. The molecule has 0 bridgehead atoms. The first-order valence-electron chi connectivity index (χ1n) is 7.49. The maximum Gasteiger partial charge on any atom is 0.324 e. The normalized spacial score (nSPS) is 15.1. The van der Waals surface area contributed by atoms with Crippen LogP contribution in [0.4, 0.5) is 9.18 Å². The Kier molecular flexibility index (Phi) is 5.17. The summed E-state index contributed by atoms with van der Waals surface area (Å²) in [4.78, 5) is 24.5. The number of aromatic nitrogens is 2. The number of hydrogen-bond donors (Lipinski definition) is 1. The first kappa shape index (κ1) is 17.2. The molecule has 1 aliphatic rings. The third-order valence-electron chi connectivity index (χ3n) is 3.37. The van der Waals surface area contributed by atoms with Gasteiger partial charge in [-0.15, -0.1) is 10.2 Å². The number of nitrogens with zero attached hydrogens (tertiary/aromatic N) is 3. The quantitative estimate of drug-likeness (QED) is 0.781. The maximum atomic E-state index is 12.9. The van der Waals surface area contributed by atoms with Crippen LogP contribution in [0.1, 0.15) is 18.9 Å². The van der Waals surface area contributed by atoms with Crippen molar-refractivity contribution in [3.05, 3.63) is 36.0 Å². The fourth-order valence-electron chi connectivity index (χ4n) is 2.12. The molecule has 0 radical (unpaired) electrons. The number of amides is 3. The van der Waals surface area contributed by atoms with Gasteiger partial charge in [-0.05, 0) is 31.2 Å². The summed E-state index contributed by atoms with van der Waals surface area (Å²) in [5, 5.41) is 10.5. The largest absolute Gasteiger partial charge is 0.481 e. The van der Waals surface area contributed by atoms with Crippen molar-refractivity contribution in [3.63, 3.8) is 0 Å². The molecular weight excluding hydrogens is 351 g/mol. The number of halogens is 1. The van der Waals surface area contributed by atoms with Gasteiger partial charge in [0.15, 0.2) is 6.10 Å². The number of carbonyl (C=O) groups excluding carboxylic acids is 2. The number of urea groups is 1. The highest BCUT2D eigenvalue weighted by Crippen LogP contribution is 2.24. The second kappa shape index (κ2) is 7.51. The van der Waals surface area contributed by atoms with Crippen molar-refractivity contribution in [1.82, 2.24) is 20.4 Å². The molecule has 1 saturated heterocycles. The first-order chi connectivity index (χ1) is 12.0. The van der Waals surface area contributed by atoms with Gasteiger partial charge in [0.25, 0.3) is 11.1 Å². The Bertz CT molecular complexity index is 767. The number of rotatable bonds is 6. The third kappa shape index (κ3) is 4.27. The van der Waals surface area contributed by atoms with Crippen molar-refractivity contribution < 1.29 is 23.1 Å². The van der Waals surface area contributed by atoms with Crippen LogP contribution < -0.4 is 10.1 Å². The van der Waals surface area contributed by atoms with E-state index in [9.17, 15) is 14.0 Å². The zero-order valence-electron chi connectivity index (χ0n) is 13.3. The zero-order chi connectivity index (χ0) is 17.8. The molecule has 10 heteroatoms. The van der Waals surface area contributed by atoms with E-state index in [1.54, 1.807) is 6.92 Å². The molecule has 1 fully saturated rings. The predicted octanol–water partition coefficient (Wildman–Crippen LogP) is 1.99. The molecule has 1 N–H and O–H groups in total. The topological polar surface area (TPSA) is 97.6 Å². The molecule has 25 heavy (non-hydrogen) atoms. The Labute approximate surface area is 146 Å². The van der Waals surface area contributed by atoms with Crippen molar-refractivity contribution in [2.24, 2.45) is 0 Å². The summed E-state index contributed by atoms with van der Waals surface area (Å²) in [5.41, 5.74) is 0. The predicted molar refractivity (Wildman–Crippen MR) is 85.6 cm³/mol. The molecule has 1 aromatic carbocycles. The lowest BCUT2D eigenvalue weighted by molar-refractivity contribution is -0.124. The summed E-state index contributed by atoms with van der Waals surface area (Å²) >= 11 is 1.05. The van der Waals surface area contributed by atoms with Crippen LogP contribution in [-0.4, -0.2) is 45.9 Å². The molecule has 3 rings (SSSR count). The number of hydrogen-bond acceptors (Lipinski definition) is 7. The van der Waals surface area contributed by atoms with Crippen LogP contribution in [0.2, 0.25) is 0 Å². The van der Waals surface area contributed by atoms with Gasteiger partial charge in [-0.3, -0.25) is 9.69 Å². The molecule has 0 aliphatic carbocycles. The Morgan fingerprint density at radius 2 is 2.20 bits per heavy atom. The van der Waals surface area contributed by atoms with E-state index in [1.165, 1.54) is 24.3 Å². The Hall–Kier alpha value is -2.62. The molecule has 0 spiro atoms. The highest BCUT2D eigenvalue weighted by atomic mass is 32.2. The van der Waals surface area contributed by atoms with Crippen LogP contribution in [0.5, 0.6) is 5.75 Å². The van der Waals surface area contributed by atoms with Crippen LogP contribution in [0.15, 0.2) is 33.9 Å². The minimum Gasteiger partial charge on any atom is -0.481 e. The van der Waals surface area contributed by atoms with E-state index in [2.05, 4.69) is 15.5 Å². The molecule has 8 nitrogen and oxygen atoms in total. The maximum absolute atomic E-state index is 12.9. The SMILES string of the molecule is C[C@H](Oc1ccc(F)cc1)c1nnc(SCC(=O)N2CCNC2=O)o1. The number of ether oxygens (including phenoxy) is 1. The number of nitrogens with one attached hydrogen (secondary N) is 1. The second-order valence-corrected chi connectivity index (χ2v) is 6.11. The van der Waals surface area contributed by atoms with E-state index in [0.29, 0.717) is 18.8 Å². The molecule has 1 aromatic heterocycles. The molecule has 132 valence electrons. The fraction of sp³-hybridized carbons (Fsp3) is 0.333. The summed E-state index contributed by atoms with van der Waals surface area (Å²) in [5.74, 6) is 0.0420. The standard InChI is InChI=1S/C15H15FN4O4S/c1-9(23-11-4-2-10(16)3-5-11)13-18-19-15(24-13)25-8-12(21)20-7-6-17-14(20)22/h2-5,9H,6-8H2,1H3,(H,17,22)/t9-/m0/s1. The summed E-state index contributed by atoms with van der Waals surface area (Å²) in [6.45, 7) is 2.53. The van der Waals surface area contributed by atoms with Gasteiger partial charge in [0, 0.05) is 13.1 Å². The van der Waals surface area contributed by atoms with Crippen molar-refractivity contribution >= 4 is 23.7 Å². The Morgan fingerprint density at radius 1 is 1.44 bits per heavy atom. The Balaban J connectivity index is 1.53. The van der Waals surface area contributed by atoms with E-state index in [4.69, 9.17) is 9.15 Å². The monoisotopic (exact) mass is 366 g/mol. The van der Waals surface area contributed by atoms with E-state index in [1.807, 2.05) is 0 Å². The first-order valence-corrected chi connectivity index (χ1v) is 8.48. The summed E-state index contributed by atoms with van der Waals surface area (Å²) < 4.78 is 23.9. The zero-order valence-corrected chi connectivity index (χ0v) is 14.1. The second-order valence-electron chi connectivity index (χ2n) is 5.19. The fourth-order valence-corrected chi connectivity index (χ4v) is 2.77. The minimum absolute atomic E-state index is 0.0161. The van der Waals surface area contributed by atoms with E-state index < -0.39 is 12.1 Å². The molecule has 0 saturated carbocycles. The number of carbonyl (C=O) groups is 2. The average molecular weight is 366 g/mol. The van der Waals surface area contributed by atoms with Crippen molar-refractivity contribution in [2.45, 2.75) is 18.3 Å². The van der Waals surface area contributed by atoms with Gasteiger partial charge in [-0.2, -0.15) is 0 Å². The lowest BCUT2D eigenvalue weighted by Crippen LogP contribution is -2.35. The highest BCUT2D eigenvalue weighted by Gasteiger charge is 2.26. The van der Waals surface area contributed by atoms with E-state index in [0.717, 1.165) is 16.7 Å². The summed E-state index contributed by atoms with van der Waals surface area (Å²) in [6, 6.07) is 5.18. The number of imide groups is 1. The van der Waals surface area contributed by atoms with Gasteiger partial charge in [0.2, 0.25) is 5.91 Å². The molecular formula is C15H15FN4O4S. The smallest absolute Gasteiger partial charge is 0.324 e. The van der Waals surface area contributed by atoms with Crippen LogP contribution in [0.3, 0.4) is 0 Å². The van der Waals surface area contributed by atoms with Crippen LogP contribution in [0.25, 0.3) is 0 Å². The number of benzene rings is 1. The van der Waals surface area contributed by atoms with Crippen molar-refractivity contribution in [1.29, 1.82) is 0 Å². The van der Waals surface area contributed by atoms with Crippen LogP contribution in [-0.2, 0) is 4.79 Å². The van der Waals surface area contributed by atoms with Gasteiger partial charge in [0.1, 0.15) is 11.6 Å². The van der Waals surface area contributed by atoms with Gasteiger partial charge < -0.3 is 14.5 Å². The van der Waals surface area contributed by atoms with Crippen LogP contribution in [0, 0.1) is 5.82 Å². The van der Waals surface area contributed by atoms with E-state index in [-0.39, 0.29) is 28.6 Å². The molecule has 1 aliphatic heterocycles. The van der Waals surface area contributed by atoms with Crippen LogP contribution >= 0.6 is 11.8 Å². The van der Waals surface area contributed by atoms with E-state index >= 15 is 0 Å². The van der Waals surface area contributed by atoms with Crippen molar-refractivity contribution in [3.8, 4) is 5.75 Å².